The van der Waals surface area contributed by atoms with Crippen molar-refractivity contribution in [3.05, 3.63) is 0 Å². The molecular weight excluding hydrogens is 318 g/mol. The first-order chi connectivity index (χ1) is 11.0. The Labute approximate surface area is 140 Å². The van der Waals surface area contributed by atoms with E-state index in [-0.39, 0.29) is 31.2 Å². The molecule has 130 valence electrons. The number of aliphatic hydroxyl groups is 2. The molecule has 0 spiro atoms. The second-order valence-corrected chi connectivity index (χ2v) is 6.58. The van der Waals surface area contributed by atoms with Crippen molar-refractivity contribution in [2.75, 3.05) is 35.8 Å². The summed E-state index contributed by atoms with van der Waals surface area (Å²) >= 11 is 1.53. The van der Waals surface area contributed by atoms with Crippen LogP contribution in [0.2, 0.25) is 0 Å². The quantitative estimate of drug-likeness (QED) is 0.336. The lowest BCUT2D eigenvalue weighted by Crippen LogP contribution is -2.24. The number of nitrogens with one attached hydrogen (secondary N) is 1. The van der Waals surface area contributed by atoms with Crippen molar-refractivity contribution in [2.45, 2.75) is 49.6 Å². The third-order valence-electron chi connectivity index (χ3n) is 3.63. The van der Waals surface area contributed by atoms with Gasteiger partial charge < -0.3 is 31.7 Å². The van der Waals surface area contributed by atoms with Gasteiger partial charge in [-0.2, -0.15) is 0 Å². The molecule has 0 amide bonds. The summed E-state index contributed by atoms with van der Waals surface area (Å²) < 4.78 is 5.43. The number of hydrogen-bond acceptors (Lipinski definition) is 9. The summed E-state index contributed by atoms with van der Waals surface area (Å²) in [6.07, 6.45) is 1.28. The van der Waals surface area contributed by atoms with Crippen LogP contribution in [0.4, 0.5) is 17.3 Å². The van der Waals surface area contributed by atoms with Gasteiger partial charge in [0.25, 0.3) is 0 Å². The van der Waals surface area contributed by atoms with E-state index in [4.69, 9.17) is 21.3 Å². The Morgan fingerprint density at radius 3 is 2.83 bits per heavy atom. The minimum Gasteiger partial charge on any atom is -0.394 e. The Morgan fingerprint density at radius 2 is 2.13 bits per heavy atom. The lowest BCUT2D eigenvalue weighted by Gasteiger charge is -2.16. The average Bonchev–Trinajstić information content (AvgIpc) is 2.87. The molecule has 1 aliphatic rings. The smallest absolute Gasteiger partial charge is 0.191 e. The van der Waals surface area contributed by atoms with Gasteiger partial charge in [0.1, 0.15) is 5.69 Å². The molecule has 1 saturated carbocycles. The molecule has 1 aromatic rings. The van der Waals surface area contributed by atoms with Crippen molar-refractivity contribution in [3.8, 4) is 0 Å². The predicted molar refractivity (Wildman–Crippen MR) is 91.3 cm³/mol. The van der Waals surface area contributed by atoms with Gasteiger partial charge in [0.05, 0.1) is 25.4 Å². The van der Waals surface area contributed by atoms with Crippen LogP contribution in [0.5, 0.6) is 0 Å². The van der Waals surface area contributed by atoms with Crippen LogP contribution in [0.3, 0.4) is 0 Å². The molecule has 1 aromatic heterocycles. The first-order valence-corrected chi connectivity index (χ1v) is 8.76. The van der Waals surface area contributed by atoms with Gasteiger partial charge in [-0.25, -0.2) is 9.97 Å². The summed E-state index contributed by atoms with van der Waals surface area (Å²) in [6, 6.07) is -0.0192. The van der Waals surface area contributed by atoms with Crippen molar-refractivity contribution < 1.29 is 14.9 Å². The molecule has 0 radical (unpaired) electrons. The minimum absolute atomic E-state index is 0.0192. The van der Waals surface area contributed by atoms with Crippen LogP contribution in [0.1, 0.15) is 26.2 Å². The highest BCUT2D eigenvalue weighted by Gasteiger charge is 2.34. The van der Waals surface area contributed by atoms with Crippen LogP contribution < -0.4 is 16.8 Å². The van der Waals surface area contributed by atoms with Gasteiger partial charge in [-0.3, -0.25) is 0 Å². The summed E-state index contributed by atoms with van der Waals surface area (Å²) in [7, 11) is 0. The summed E-state index contributed by atoms with van der Waals surface area (Å²) in [5.74, 6) is 1.66. The number of hydrogen-bond donors (Lipinski definition) is 5. The van der Waals surface area contributed by atoms with Crippen LogP contribution >= 0.6 is 11.8 Å². The van der Waals surface area contributed by atoms with Crippen LogP contribution in [-0.2, 0) is 4.74 Å². The fraction of sp³-hybridized carbons (Fsp3) is 0.714. The number of aromatic nitrogens is 2. The summed E-state index contributed by atoms with van der Waals surface area (Å²) in [6.45, 7) is 2.24. The van der Waals surface area contributed by atoms with Crippen molar-refractivity contribution >= 4 is 29.1 Å². The molecule has 1 heterocycles. The summed E-state index contributed by atoms with van der Waals surface area (Å²) in [4.78, 5) is 8.60. The zero-order chi connectivity index (χ0) is 16.8. The van der Waals surface area contributed by atoms with E-state index in [2.05, 4.69) is 22.2 Å². The molecule has 7 N–H and O–H groups in total. The van der Waals surface area contributed by atoms with E-state index in [9.17, 15) is 5.11 Å². The zero-order valence-corrected chi connectivity index (χ0v) is 14.1. The maximum Gasteiger partial charge on any atom is 0.191 e. The number of nitrogens with zero attached hydrogens (tertiary/aromatic N) is 2. The third kappa shape index (κ3) is 4.84. The van der Waals surface area contributed by atoms with Crippen LogP contribution in [0.25, 0.3) is 0 Å². The highest BCUT2D eigenvalue weighted by molar-refractivity contribution is 7.99. The molecule has 0 aromatic carbocycles. The molecule has 0 aliphatic heterocycles. The Morgan fingerprint density at radius 1 is 1.35 bits per heavy atom. The highest BCUT2D eigenvalue weighted by atomic mass is 32.2. The third-order valence-corrected chi connectivity index (χ3v) is 4.68. The van der Waals surface area contributed by atoms with Gasteiger partial charge in [-0.1, -0.05) is 18.7 Å². The standard InChI is InChI=1S/C14H25N5O3S/c1-2-5-23-14-18-12(16)11(15)13(19-14)17-8-6-9(21)10(7-8)22-4-3-20/h8-10,20-21H,2-7,15H2,1H3,(H3,16,17,18,19)/t8?,9-,10?/m0/s1. The molecular formula is C14H25N5O3S. The molecule has 8 nitrogen and oxygen atoms in total. The zero-order valence-electron chi connectivity index (χ0n) is 13.2. The normalized spacial score (nSPS) is 24.0. The van der Waals surface area contributed by atoms with E-state index in [1.54, 1.807) is 0 Å². The van der Waals surface area contributed by atoms with Gasteiger partial charge in [0, 0.05) is 11.8 Å². The molecule has 2 rings (SSSR count). The number of nitrogens with two attached hydrogens (primary N) is 2. The Hall–Kier alpha value is -1.29. The van der Waals surface area contributed by atoms with E-state index in [0.29, 0.717) is 29.5 Å². The van der Waals surface area contributed by atoms with E-state index in [1.165, 1.54) is 11.8 Å². The van der Waals surface area contributed by atoms with Crippen molar-refractivity contribution in [1.82, 2.24) is 9.97 Å². The lowest BCUT2D eigenvalue weighted by atomic mass is 10.2. The second kappa shape index (κ2) is 8.53. The van der Waals surface area contributed by atoms with Gasteiger partial charge in [-0.15, -0.1) is 0 Å². The summed E-state index contributed by atoms with van der Waals surface area (Å²) in [5.41, 5.74) is 12.1. The predicted octanol–water partition coefficient (Wildman–Crippen LogP) is 0.456. The maximum absolute atomic E-state index is 10.0. The number of rotatable bonds is 8. The van der Waals surface area contributed by atoms with Crippen molar-refractivity contribution in [3.63, 3.8) is 0 Å². The molecule has 3 atom stereocenters. The largest absolute Gasteiger partial charge is 0.394 e. The van der Waals surface area contributed by atoms with Crippen molar-refractivity contribution in [2.24, 2.45) is 0 Å². The Bertz CT molecular complexity index is 519. The molecule has 0 bridgehead atoms. The molecule has 1 aliphatic carbocycles. The van der Waals surface area contributed by atoms with Gasteiger partial charge in [-0.05, 0) is 19.3 Å². The van der Waals surface area contributed by atoms with Crippen molar-refractivity contribution in [1.29, 1.82) is 0 Å². The lowest BCUT2D eigenvalue weighted by molar-refractivity contribution is -0.0302. The SMILES string of the molecule is CCCSc1nc(N)c(N)c(NC2CC(OCCO)[C@@H](O)C2)n1. The first kappa shape index (κ1) is 18.1. The van der Waals surface area contributed by atoms with Gasteiger partial charge in [0.2, 0.25) is 0 Å². The number of anilines is 3. The van der Waals surface area contributed by atoms with Gasteiger partial charge >= 0.3 is 0 Å². The Kier molecular flexibility index (Phi) is 6.70. The number of ether oxygens (including phenoxy) is 1. The fourth-order valence-corrected chi connectivity index (χ4v) is 3.21. The maximum atomic E-state index is 10.0. The monoisotopic (exact) mass is 343 g/mol. The minimum atomic E-state index is -0.576. The summed E-state index contributed by atoms with van der Waals surface area (Å²) in [5, 5.41) is 22.7. The molecule has 23 heavy (non-hydrogen) atoms. The van der Waals surface area contributed by atoms with Crippen LogP contribution in [0, 0.1) is 0 Å². The second-order valence-electron chi connectivity index (χ2n) is 5.52. The first-order valence-electron chi connectivity index (χ1n) is 7.78. The molecule has 1 fully saturated rings. The number of aliphatic hydroxyl groups excluding tert-OH is 2. The van der Waals surface area contributed by atoms with Crippen LogP contribution in [0.15, 0.2) is 5.16 Å². The Balaban J connectivity index is 2.03. The molecule has 2 unspecified atom stereocenters. The highest BCUT2D eigenvalue weighted by Crippen LogP contribution is 2.30. The number of nitrogen functional groups attached to an aromatic ring is 2. The topological polar surface area (TPSA) is 140 Å². The van der Waals surface area contributed by atoms with Crippen LogP contribution in [-0.4, -0.2) is 57.4 Å². The fourth-order valence-electron chi connectivity index (χ4n) is 2.50. The number of thioether (sulfide) groups is 1. The van der Waals surface area contributed by atoms with E-state index >= 15 is 0 Å². The van der Waals surface area contributed by atoms with E-state index in [1.807, 2.05) is 0 Å². The van der Waals surface area contributed by atoms with E-state index < -0.39 is 6.10 Å². The average molecular weight is 343 g/mol. The molecule has 9 heteroatoms. The van der Waals surface area contributed by atoms with E-state index in [0.717, 1.165) is 12.2 Å². The molecule has 0 saturated heterocycles. The van der Waals surface area contributed by atoms with Gasteiger partial charge in [0.15, 0.2) is 16.8 Å².